The number of ether oxygens (including phenoxy) is 1. The van der Waals surface area contributed by atoms with Crippen molar-refractivity contribution in [2.75, 3.05) is 11.9 Å². The molecule has 0 bridgehead atoms. The van der Waals surface area contributed by atoms with E-state index in [0.717, 1.165) is 35.3 Å². The van der Waals surface area contributed by atoms with Crippen LogP contribution >= 0.6 is 0 Å². The summed E-state index contributed by atoms with van der Waals surface area (Å²) in [6.45, 7) is 4.09. The van der Waals surface area contributed by atoms with Crippen molar-refractivity contribution < 1.29 is 9.84 Å². The lowest BCUT2D eigenvalue weighted by atomic mass is 9.81. The Morgan fingerprint density at radius 2 is 2.03 bits per heavy atom. The monoisotopic (exact) mass is 433 g/mol. The number of nitrogens with zero attached hydrogens (tertiary/aromatic N) is 6. The van der Waals surface area contributed by atoms with Crippen LogP contribution in [0.2, 0.25) is 0 Å². The van der Waals surface area contributed by atoms with Gasteiger partial charge in [-0.15, -0.1) is 0 Å². The Hall–Kier alpha value is -3.46. The summed E-state index contributed by atoms with van der Waals surface area (Å²) in [6, 6.07) is 7.88. The van der Waals surface area contributed by atoms with Gasteiger partial charge >= 0.3 is 0 Å². The second-order valence-electron chi connectivity index (χ2n) is 8.43. The largest absolute Gasteiger partial charge is 0.487 e. The molecule has 0 aliphatic heterocycles. The summed E-state index contributed by atoms with van der Waals surface area (Å²) in [5.74, 6) is 3.15. The van der Waals surface area contributed by atoms with Crippen LogP contribution in [0, 0.1) is 19.8 Å². The Morgan fingerprint density at radius 1 is 1.19 bits per heavy atom. The Bertz CT molecular complexity index is 1240. The van der Waals surface area contributed by atoms with Gasteiger partial charge in [0.15, 0.2) is 11.6 Å². The molecule has 4 aromatic rings. The Balaban J connectivity index is 1.38. The summed E-state index contributed by atoms with van der Waals surface area (Å²) in [5, 5.41) is 22.5. The third-order valence-electron chi connectivity index (χ3n) is 5.97. The second kappa shape index (κ2) is 8.23. The zero-order chi connectivity index (χ0) is 22.2. The molecule has 1 atom stereocenters. The normalized spacial score (nSPS) is 15.0. The van der Waals surface area contributed by atoms with E-state index >= 15 is 0 Å². The number of aliphatic hydroxyl groups is 1. The maximum Gasteiger partial charge on any atom is 0.165 e. The number of pyridine rings is 1. The van der Waals surface area contributed by atoms with E-state index in [4.69, 9.17) is 4.74 Å². The van der Waals surface area contributed by atoms with Crippen molar-refractivity contribution in [3.63, 3.8) is 0 Å². The van der Waals surface area contributed by atoms with Crippen LogP contribution in [0.15, 0.2) is 36.7 Å². The molecule has 0 radical (unpaired) electrons. The fourth-order valence-electron chi connectivity index (χ4n) is 4.10. The molecule has 2 N–H and O–H groups in total. The highest BCUT2D eigenvalue weighted by molar-refractivity contribution is 5.72. The Labute approximate surface area is 186 Å². The van der Waals surface area contributed by atoms with E-state index < -0.39 is 6.10 Å². The number of aliphatic hydroxyl groups excluding tert-OH is 1. The number of aryl methyl sites for hydroxylation is 3. The van der Waals surface area contributed by atoms with Gasteiger partial charge in [0.25, 0.3) is 0 Å². The second-order valence-corrected chi connectivity index (χ2v) is 8.43. The summed E-state index contributed by atoms with van der Waals surface area (Å²) >= 11 is 0. The number of nitrogens with one attached hydrogen (secondary N) is 1. The predicted octanol–water partition coefficient (Wildman–Crippen LogP) is 3.43. The topological polar surface area (TPSA) is 102 Å². The van der Waals surface area contributed by atoms with Crippen molar-refractivity contribution >= 4 is 17.2 Å². The summed E-state index contributed by atoms with van der Waals surface area (Å²) in [4.78, 5) is 8.72. The van der Waals surface area contributed by atoms with E-state index in [1.165, 1.54) is 6.42 Å². The number of hydrogen-bond donors (Lipinski definition) is 2. The molecule has 166 valence electrons. The fourth-order valence-corrected chi connectivity index (χ4v) is 4.10. The van der Waals surface area contributed by atoms with E-state index in [1.54, 1.807) is 10.9 Å². The molecule has 5 rings (SSSR count). The van der Waals surface area contributed by atoms with E-state index in [1.807, 2.05) is 55.9 Å². The van der Waals surface area contributed by atoms with Crippen LogP contribution in [-0.4, -0.2) is 47.2 Å². The zero-order valence-electron chi connectivity index (χ0n) is 18.5. The van der Waals surface area contributed by atoms with Crippen LogP contribution in [0.5, 0.6) is 5.75 Å². The van der Waals surface area contributed by atoms with Crippen LogP contribution in [0.25, 0.3) is 16.8 Å². The average molecular weight is 434 g/mol. The molecule has 0 amide bonds. The standard InChI is InChI=1S/C23H27N7O2/c1-14-9-21(26-15(2)25-14)27-22-11-18-10-17(7-8-30(18)28-22)23-20(12-24-29(23)3)32-13-19(31)16-5-4-6-16/h7-12,16,19,31H,4-6,13H2,1-3H3,(H,25,26,27,28). The Kier molecular flexibility index (Phi) is 5.26. The zero-order valence-corrected chi connectivity index (χ0v) is 18.5. The van der Waals surface area contributed by atoms with Gasteiger partial charge in [-0.2, -0.15) is 10.2 Å². The highest BCUT2D eigenvalue weighted by Gasteiger charge is 2.26. The summed E-state index contributed by atoms with van der Waals surface area (Å²) in [5.41, 5.74) is 3.66. The molecule has 0 saturated heterocycles. The lowest BCUT2D eigenvalue weighted by Gasteiger charge is -2.30. The molecule has 0 aromatic carbocycles. The van der Waals surface area contributed by atoms with Gasteiger partial charge in [-0.1, -0.05) is 6.42 Å². The van der Waals surface area contributed by atoms with Crippen LogP contribution < -0.4 is 10.1 Å². The molecule has 0 spiro atoms. The van der Waals surface area contributed by atoms with E-state index in [0.29, 0.717) is 29.1 Å². The molecule has 1 aliphatic rings. The quantitative estimate of drug-likeness (QED) is 0.460. The van der Waals surface area contributed by atoms with Gasteiger partial charge in [0.05, 0.1) is 17.8 Å². The molecule has 4 aromatic heterocycles. The number of rotatable bonds is 7. The molecule has 9 nitrogen and oxygen atoms in total. The van der Waals surface area contributed by atoms with E-state index in [9.17, 15) is 5.11 Å². The number of aromatic nitrogens is 6. The molecular weight excluding hydrogens is 406 g/mol. The van der Waals surface area contributed by atoms with Crippen LogP contribution in [-0.2, 0) is 7.05 Å². The first-order valence-corrected chi connectivity index (χ1v) is 10.9. The summed E-state index contributed by atoms with van der Waals surface area (Å²) < 4.78 is 9.57. The first kappa shape index (κ1) is 20.4. The van der Waals surface area contributed by atoms with Crippen molar-refractivity contribution in [1.82, 2.24) is 29.4 Å². The van der Waals surface area contributed by atoms with Gasteiger partial charge in [-0.05, 0) is 44.7 Å². The van der Waals surface area contributed by atoms with E-state index in [2.05, 4.69) is 25.5 Å². The number of anilines is 2. The van der Waals surface area contributed by atoms with Crippen molar-refractivity contribution in [2.24, 2.45) is 13.0 Å². The Morgan fingerprint density at radius 3 is 2.78 bits per heavy atom. The molecular formula is C23H27N7O2. The minimum absolute atomic E-state index is 0.282. The highest BCUT2D eigenvalue weighted by Crippen LogP contribution is 2.33. The minimum atomic E-state index is -0.434. The van der Waals surface area contributed by atoms with Crippen molar-refractivity contribution in [1.29, 1.82) is 0 Å². The first-order valence-electron chi connectivity index (χ1n) is 10.9. The molecule has 1 saturated carbocycles. The van der Waals surface area contributed by atoms with Crippen molar-refractivity contribution in [3.05, 3.63) is 48.2 Å². The summed E-state index contributed by atoms with van der Waals surface area (Å²) in [7, 11) is 1.89. The molecule has 1 fully saturated rings. The molecule has 1 aliphatic carbocycles. The van der Waals surface area contributed by atoms with Crippen LogP contribution in [0.3, 0.4) is 0 Å². The van der Waals surface area contributed by atoms with Gasteiger partial charge < -0.3 is 15.2 Å². The number of fused-ring (bicyclic) bond motifs is 1. The van der Waals surface area contributed by atoms with Gasteiger partial charge in [0.1, 0.15) is 23.9 Å². The molecule has 9 heteroatoms. The highest BCUT2D eigenvalue weighted by atomic mass is 16.5. The van der Waals surface area contributed by atoms with Gasteiger partial charge in [0, 0.05) is 36.6 Å². The van der Waals surface area contributed by atoms with Crippen LogP contribution in [0.4, 0.5) is 11.6 Å². The predicted molar refractivity (Wildman–Crippen MR) is 121 cm³/mol. The smallest absolute Gasteiger partial charge is 0.165 e. The average Bonchev–Trinajstić information content (AvgIpc) is 3.25. The first-order chi connectivity index (χ1) is 15.5. The molecule has 4 heterocycles. The molecule has 32 heavy (non-hydrogen) atoms. The lowest BCUT2D eigenvalue weighted by molar-refractivity contribution is 0.0242. The third-order valence-corrected chi connectivity index (χ3v) is 5.97. The van der Waals surface area contributed by atoms with E-state index in [-0.39, 0.29) is 6.61 Å². The third kappa shape index (κ3) is 4.03. The SMILES string of the molecule is Cc1cc(Nc2cc3cc(-c4c(OCC(O)C5CCC5)cnn4C)ccn3n2)nc(C)n1. The van der Waals surface area contributed by atoms with Gasteiger partial charge in [-0.25, -0.2) is 14.5 Å². The maximum atomic E-state index is 10.3. The summed E-state index contributed by atoms with van der Waals surface area (Å²) in [6.07, 6.45) is 6.53. The maximum absolute atomic E-state index is 10.3. The van der Waals surface area contributed by atoms with Gasteiger partial charge in [-0.3, -0.25) is 4.68 Å². The minimum Gasteiger partial charge on any atom is -0.487 e. The van der Waals surface area contributed by atoms with Crippen LogP contribution in [0.1, 0.15) is 30.8 Å². The fraction of sp³-hybridized carbons (Fsp3) is 0.391. The lowest BCUT2D eigenvalue weighted by Crippen LogP contribution is -2.31. The van der Waals surface area contributed by atoms with Crippen molar-refractivity contribution in [3.8, 4) is 17.0 Å². The van der Waals surface area contributed by atoms with Crippen molar-refractivity contribution in [2.45, 2.75) is 39.2 Å². The molecule has 1 unspecified atom stereocenters. The van der Waals surface area contributed by atoms with Gasteiger partial charge in [0.2, 0.25) is 0 Å². The number of hydrogen-bond acceptors (Lipinski definition) is 7.